The maximum absolute atomic E-state index is 13.0. The maximum Gasteiger partial charge on any atom is 0.323 e. The van der Waals surface area contributed by atoms with Gasteiger partial charge >= 0.3 is 6.03 Å². The van der Waals surface area contributed by atoms with Gasteiger partial charge in [0.25, 0.3) is 5.91 Å². The number of methoxy groups -OCH3 is 1. The van der Waals surface area contributed by atoms with Gasteiger partial charge in [-0.3, -0.25) is 4.79 Å². The van der Waals surface area contributed by atoms with Crippen molar-refractivity contribution in [3.05, 3.63) is 83.4 Å². The molecule has 1 aliphatic rings. The van der Waals surface area contributed by atoms with E-state index in [-0.39, 0.29) is 11.9 Å². The molecule has 3 amide bonds. The predicted molar refractivity (Wildman–Crippen MR) is 119 cm³/mol. The lowest BCUT2D eigenvalue weighted by Crippen LogP contribution is -2.29. The molecule has 0 aliphatic carbocycles. The maximum atomic E-state index is 13.0. The van der Waals surface area contributed by atoms with E-state index in [1.54, 1.807) is 30.2 Å². The highest BCUT2D eigenvalue weighted by Gasteiger charge is 2.26. The molecule has 4 rings (SSSR count). The zero-order valence-corrected chi connectivity index (χ0v) is 16.9. The van der Waals surface area contributed by atoms with Crippen LogP contribution in [0.3, 0.4) is 0 Å². The molecule has 0 saturated heterocycles. The summed E-state index contributed by atoms with van der Waals surface area (Å²) in [4.78, 5) is 27.1. The molecule has 1 aliphatic heterocycles. The van der Waals surface area contributed by atoms with Crippen LogP contribution in [-0.4, -0.2) is 25.6 Å². The van der Waals surface area contributed by atoms with Crippen molar-refractivity contribution in [2.45, 2.75) is 13.3 Å². The lowest BCUT2D eigenvalue weighted by molar-refractivity contribution is 0.0989. The first-order chi connectivity index (χ1) is 14.5. The smallest absolute Gasteiger partial charge is 0.323 e. The van der Waals surface area contributed by atoms with Gasteiger partial charge in [-0.15, -0.1) is 0 Å². The average Bonchev–Trinajstić information content (AvgIpc) is 3.17. The van der Waals surface area contributed by atoms with E-state index in [4.69, 9.17) is 4.74 Å². The average molecular weight is 401 g/mol. The fourth-order valence-electron chi connectivity index (χ4n) is 3.51. The monoisotopic (exact) mass is 401 g/mol. The minimum absolute atomic E-state index is 0.0354. The molecule has 0 atom stereocenters. The Morgan fingerprint density at radius 3 is 2.40 bits per heavy atom. The SMILES string of the molecule is COc1cccc(NC(=O)Nc2ccc3c(c2)N(C(=O)c2ccc(C)cc2)CC3)c1. The van der Waals surface area contributed by atoms with Crippen LogP contribution in [0.25, 0.3) is 0 Å². The third-order valence-electron chi connectivity index (χ3n) is 5.11. The molecule has 0 bridgehead atoms. The number of anilines is 3. The van der Waals surface area contributed by atoms with E-state index in [9.17, 15) is 9.59 Å². The minimum Gasteiger partial charge on any atom is -0.497 e. The Bertz CT molecular complexity index is 1090. The topological polar surface area (TPSA) is 70.7 Å². The van der Waals surface area contributed by atoms with E-state index in [0.717, 1.165) is 23.2 Å². The highest BCUT2D eigenvalue weighted by Crippen LogP contribution is 2.32. The van der Waals surface area contributed by atoms with Crippen LogP contribution in [0.1, 0.15) is 21.5 Å². The normalized spacial score (nSPS) is 12.3. The molecule has 3 aromatic carbocycles. The second-order valence-corrected chi connectivity index (χ2v) is 7.23. The molecule has 0 saturated carbocycles. The van der Waals surface area contributed by atoms with Crippen LogP contribution >= 0.6 is 0 Å². The van der Waals surface area contributed by atoms with Crippen molar-refractivity contribution in [3.63, 3.8) is 0 Å². The quantitative estimate of drug-likeness (QED) is 0.656. The number of hydrogen-bond donors (Lipinski definition) is 2. The molecular weight excluding hydrogens is 378 g/mol. The van der Waals surface area contributed by atoms with Crippen molar-refractivity contribution in [1.29, 1.82) is 0 Å². The van der Waals surface area contributed by atoms with Crippen molar-refractivity contribution in [3.8, 4) is 5.75 Å². The number of nitrogens with zero attached hydrogens (tertiary/aromatic N) is 1. The Morgan fingerprint density at radius 1 is 0.933 bits per heavy atom. The number of aryl methyl sites for hydroxylation is 1. The molecule has 6 nitrogen and oxygen atoms in total. The largest absolute Gasteiger partial charge is 0.497 e. The Kier molecular flexibility index (Phi) is 5.39. The Hall–Kier alpha value is -3.80. The number of rotatable bonds is 4. The second-order valence-electron chi connectivity index (χ2n) is 7.23. The Morgan fingerprint density at radius 2 is 1.67 bits per heavy atom. The first kappa shape index (κ1) is 19.5. The molecule has 1 heterocycles. The summed E-state index contributed by atoms with van der Waals surface area (Å²) in [6, 6.07) is 20.0. The molecule has 0 unspecified atom stereocenters. The number of hydrogen-bond acceptors (Lipinski definition) is 3. The zero-order chi connectivity index (χ0) is 21.1. The minimum atomic E-state index is -0.363. The lowest BCUT2D eigenvalue weighted by atomic mass is 10.1. The lowest BCUT2D eigenvalue weighted by Gasteiger charge is -2.18. The van der Waals surface area contributed by atoms with Gasteiger partial charge in [0.05, 0.1) is 7.11 Å². The van der Waals surface area contributed by atoms with Crippen LogP contribution < -0.4 is 20.3 Å². The van der Waals surface area contributed by atoms with E-state index in [1.165, 1.54) is 0 Å². The number of carbonyl (C=O) groups excluding carboxylic acids is 2. The summed E-state index contributed by atoms with van der Waals surface area (Å²) in [6.45, 7) is 2.62. The summed E-state index contributed by atoms with van der Waals surface area (Å²) in [7, 11) is 1.58. The molecule has 3 aromatic rings. The van der Waals surface area contributed by atoms with Gasteiger partial charge in [-0.1, -0.05) is 29.8 Å². The molecule has 0 aromatic heterocycles. The number of carbonyl (C=O) groups is 2. The van der Waals surface area contributed by atoms with E-state index >= 15 is 0 Å². The number of benzene rings is 3. The number of nitrogens with one attached hydrogen (secondary N) is 2. The van der Waals surface area contributed by atoms with Crippen molar-refractivity contribution in [2.75, 3.05) is 29.2 Å². The number of urea groups is 1. The van der Waals surface area contributed by atoms with Crippen LogP contribution in [0.2, 0.25) is 0 Å². The molecule has 0 fully saturated rings. The molecule has 152 valence electrons. The molecular formula is C24H23N3O3. The summed E-state index contributed by atoms with van der Waals surface area (Å²) < 4.78 is 5.17. The zero-order valence-electron chi connectivity index (χ0n) is 16.9. The first-order valence-corrected chi connectivity index (χ1v) is 9.77. The summed E-state index contributed by atoms with van der Waals surface area (Å²) in [5, 5.41) is 5.62. The van der Waals surface area contributed by atoms with Gasteiger partial charge in [0.15, 0.2) is 0 Å². The summed E-state index contributed by atoms with van der Waals surface area (Å²) in [5.74, 6) is 0.627. The van der Waals surface area contributed by atoms with Crippen LogP contribution in [0.15, 0.2) is 66.7 Å². The number of fused-ring (bicyclic) bond motifs is 1. The van der Waals surface area contributed by atoms with Gasteiger partial charge in [-0.05, 0) is 55.3 Å². The van der Waals surface area contributed by atoms with E-state index in [2.05, 4.69) is 10.6 Å². The van der Waals surface area contributed by atoms with Gasteiger partial charge in [-0.2, -0.15) is 0 Å². The molecule has 0 radical (unpaired) electrons. The fourth-order valence-corrected chi connectivity index (χ4v) is 3.51. The number of ether oxygens (including phenoxy) is 1. The van der Waals surface area contributed by atoms with Crippen molar-refractivity contribution in [2.24, 2.45) is 0 Å². The predicted octanol–water partition coefficient (Wildman–Crippen LogP) is 4.85. The first-order valence-electron chi connectivity index (χ1n) is 9.77. The van der Waals surface area contributed by atoms with Gasteiger partial charge in [-0.25, -0.2) is 4.79 Å². The second kappa shape index (κ2) is 8.29. The van der Waals surface area contributed by atoms with E-state index < -0.39 is 0 Å². The third-order valence-corrected chi connectivity index (χ3v) is 5.11. The van der Waals surface area contributed by atoms with Gasteiger partial charge in [0, 0.05) is 35.2 Å². The van der Waals surface area contributed by atoms with Gasteiger partial charge in [0.1, 0.15) is 5.75 Å². The third kappa shape index (κ3) is 4.12. The number of amides is 3. The van der Waals surface area contributed by atoms with Crippen LogP contribution in [0, 0.1) is 6.92 Å². The Labute approximate surface area is 175 Å². The van der Waals surface area contributed by atoms with Gasteiger partial charge in [0.2, 0.25) is 0 Å². The highest BCUT2D eigenvalue weighted by molar-refractivity contribution is 6.08. The van der Waals surface area contributed by atoms with Crippen LogP contribution in [-0.2, 0) is 6.42 Å². The standard InChI is InChI=1S/C24H23N3O3/c1-16-6-8-18(9-7-16)23(28)27-13-12-17-10-11-20(15-22(17)27)26-24(29)25-19-4-3-5-21(14-19)30-2/h3-11,14-15H,12-13H2,1-2H3,(H2,25,26,29). The van der Waals surface area contributed by atoms with Crippen LogP contribution in [0.4, 0.5) is 21.9 Å². The van der Waals surface area contributed by atoms with Crippen LogP contribution in [0.5, 0.6) is 5.75 Å². The van der Waals surface area contributed by atoms with E-state index in [1.807, 2.05) is 55.5 Å². The van der Waals surface area contributed by atoms with Crippen molar-refractivity contribution < 1.29 is 14.3 Å². The fraction of sp³-hybridized carbons (Fsp3) is 0.167. The Balaban J connectivity index is 1.49. The van der Waals surface area contributed by atoms with E-state index in [0.29, 0.717) is 29.2 Å². The molecule has 0 spiro atoms. The molecule has 30 heavy (non-hydrogen) atoms. The summed E-state index contributed by atoms with van der Waals surface area (Å²) >= 11 is 0. The summed E-state index contributed by atoms with van der Waals surface area (Å²) in [5.41, 5.74) is 4.94. The molecule has 6 heteroatoms. The highest BCUT2D eigenvalue weighted by atomic mass is 16.5. The van der Waals surface area contributed by atoms with Crippen molar-refractivity contribution in [1.82, 2.24) is 0 Å². The van der Waals surface area contributed by atoms with Crippen molar-refractivity contribution >= 4 is 29.0 Å². The molecule has 2 N–H and O–H groups in total. The van der Waals surface area contributed by atoms with Gasteiger partial charge < -0.3 is 20.3 Å². The summed E-state index contributed by atoms with van der Waals surface area (Å²) in [6.07, 6.45) is 0.795.